The Hall–Kier alpha value is -1.77. The maximum absolute atomic E-state index is 6.33. The van der Waals surface area contributed by atoms with E-state index in [1.54, 1.807) is 0 Å². The van der Waals surface area contributed by atoms with Crippen molar-refractivity contribution >= 4 is 5.82 Å². The Balaban J connectivity index is 1.91. The lowest BCUT2D eigenvalue weighted by Crippen LogP contribution is -2.08. The predicted molar refractivity (Wildman–Crippen MR) is 82.8 cm³/mol. The van der Waals surface area contributed by atoms with Gasteiger partial charge in [0.2, 0.25) is 0 Å². The van der Waals surface area contributed by atoms with E-state index in [9.17, 15) is 0 Å². The lowest BCUT2D eigenvalue weighted by Gasteiger charge is -2.11. The van der Waals surface area contributed by atoms with E-state index in [1.165, 1.54) is 37.1 Å². The highest BCUT2D eigenvalue weighted by molar-refractivity contribution is 5.42. The van der Waals surface area contributed by atoms with Gasteiger partial charge in [0.25, 0.3) is 0 Å². The normalized spacial score (nSPS) is 15.8. The lowest BCUT2D eigenvalue weighted by atomic mass is 10.1. The molecule has 3 nitrogen and oxygen atoms in total. The summed E-state index contributed by atoms with van der Waals surface area (Å²) >= 11 is 0. The average Bonchev–Trinajstić information content (AvgIpc) is 3.09. The van der Waals surface area contributed by atoms with Crippen molar-refractivity contribution in [2.75, 3.05) is 5.73 Å². The highest BCUT2D eigenvalue weighted by atomic mass is 15.1. The minimum absolute atomic E-state index is 0.613. The molecule has 1 fully saturated rings. The molecular weight excluding hydrogens is 246 g/mol. The number of hydrogen-bond acceptors (Lipinski definition) is 2. The topological polar surface area (TPSA) is 43.8 Å². The first-order valence-electron chi connectivity index (χ1n) is 7.68. The average molecular weight is 269 g/mol. The van der Waals surface area contributed by atoms with Crippen LogP contribution in [0.4, 0.5) is 5.82 Å². The van der Waals surface area contributed by atoms with E-state index < -0.39 is 0 Å². The fourth-order valence-electron chi connectivity index (χ4n) is 3.28. The molecule has 0 atom stereocenters. The Morgan fingerprint density at radius 1 is 1.20 bits per heavy atom. The molecule has 3 rings (SSSR count). The first kappa shape index (κ1) is 13.2. The highest BCUT2D eigenvalue weighted by Crippen LogP contribution is 2.35. The van der Waals surface area contributed by atoms with Gasteiger partial charge in [-0.15, -0.1) is 0 Å². The SMILES string of the molecule is CCn1c(C2CCCC2)nc(Cc2ccccc2)c1N. The zero-order valence-electron chi connectivity index (χ0n) is 12.2. The van der Waals surface area contributed by atoms with Gasteiger partial charge in [-0.2, -0.15) is 0 Å². The van der Waals surface area contributed by atoms with Crippen LogP contribution in [0.3, 0.4) is 0 Å². The molecule has 1 aromatic heterocycles. The number of imidazole rings is 1. The molecule has 1 aromatic carbocycles. The summed E-state index contributed by atoms with van der Waals surface area (Å²) in [6.07, 6.45) is 6.02. The number of anilines is 1. The Bertz CT molecular complexity index is 565. The largest absolute Gasteiger partial charge is 0.384 e. The zero-order chi connectivity index (χ0) is 13.9. The molecule has 0 unspecified atom stereocenters. The maximum atomic E-state index is 6.33. The molecule has 0 amide bonds. The minimum Gasteiger partial charge on any atom is -0.384 e. The third kappa shape index (κ3) is 2.45. The van der Waals surface area contributed by atoms with Gasteiger partial charge in [0.15, 0.2) is 0 Å². The Labute approximate surface area is 120 Å². The van der Waals surface area contributed by atoms with Crippen molar-refractivity contribution in [1.29, 1.82) is 0 Å². The summed E-state index contributed by atoms with van der Waals surface area (Å²) in [5.41, 5.74) is 8.65. The fraction of sp³-hybridized carbons (Fsp3) is 0.471. The van der Waals surface area contributed by atoms with Gasteiger partial charge in [0.05, 0.1) is 5.69 Å². The summed E-state index contributed by atoms with van der Waals surface area (Å²) in [5, 5.41) is 0. The molecule has 0 spiro atoms. The number of nitrogens with two attached hydrogens (primary N) is 1. The first-order chi connectivity index (χ1) is 9.79. The predicted octanol–water partition coefficient (Wildman–Crippen LogP) is 3.73. The van der Waals surface area contributed by atoms with Gasteiger partial charge >= 0.3 is 0 Å². The van der Waals surface area contributed by atoms with Crippen LogP contribution in [-0.4, -0.2) is 9.55 Å². The number of nitrogens with zero attached hydrogens (tertiary/aromatic N) is 2. The third-order valence-electron chi connectivity index (χ3n) is 4.36. The van der Waals surface area contributed by atoms with E-state index >= 15 is 0 Å². The van der Waals surface area contributed by atoms with Crippen LogP contribution in [0.2, 0.25) is 0 Å². The molecule has 3 heteroatoms. The number of aromatic nitrogens is 2. The molecule has 1 aliphatic carbocycles. The van der Waals surface area contributed by atoms with Gasteiger partial charge in [0, 0.05) is 18.9 Å². The molecule has 0 aliphatic heterocycles. The zero-order valence-corrected chi connectivity index (χ0v) is 12.2. The molecular formula is C17H23N3. The summed E-state index contributed by atoms with van der Waals surface area (Å²) < 4.78 is 2.22. The molecule has 1 aliphatic rings. The highest BCUT2D eigenvalue weighted by Gasteiger charge is 2.24. The molecule has 0 radical (unpaired) electrons. The van der Waals surface area contributed by atoms with Gasteiger partial charge in [-0.25, -0.2) is 4.98 Å². The van der Waals surface area contributed by atoms with Gasteiger partial charge in [-0.05, 0) is 25.3 Å². The lowest BCUT2D eigenvalue weighted by molar-refractivity contribution is 0.604. The van der Waals surface area contributed by atoms with Crippen LogP contribution in [0.15, 0.2) is 30.3 Å². The van der Waals surface area contributed by atoms with Crippen molar-refractivity contribution in [3.05, 3.63) is 47.4 Å². The van der Waals surface area contributed by atoms with Crippen LogP contribution in [-0.2, 0) is 13.0 Å². The van der Waals surface area contributed by atoms with E-state index in [4.69, 9.17) is 10.7 Å². The second-order valence-electron chi connectivity index (χ2n) is 5.69. The second-order valence-corrected chi connectivity index (χ2v) is 5.69. The van der Waals surface area contributed by atoms with Gasteiger partial charge in [-0.1, -0.05) is 43.2 Å². The molecule has 0 saturated heterocycles. The van der Waals surface area contributed by atoms with Crippen LogP contribution < -0.4 is 5.73 Å². The fourth-order valence-corrected chi connectivity index (χ4v) is 3.28. The van der Waals surface area contributed by atoms with E-state index in [0.717, 1.165) is 24.5 Å². The maximum Gasteiger partial charge on any atom is 0.127 e. The van der Waals surface area contributed by atoms with Gasteiger partial charge in [0.1, 0.15) is 11.6 Å². The van der Waals surface area contributed by atoms with Crippen molar-refractivity contribution in [3.8, 4) is 0 Å². The summed E-state index contributed by atoms with van der Waals surface area (Å²) in [7, 11) is 0. The molecule has 106 valence electrons. The van der Waals surface area contributed by atoms with Crippen molar-refractivity contribution in [2.24, 2.45) is 0 Å². The van der Waals surface area contributed by atoms with Crippen LogP contribution in [0.1, 0.15) is 55.6 Å². The molecule has 2 N–H and O–H groups in total. The summed E-state index contributed by atoms with van der Waals surface area (Å²) in [6, 6.07) is 10.5. The Morgan fingerprint density at radius 3 is 2.55 bits per heavy atom. The molecule has 1 saturated carbocycles. The number of nitrogen functional groups attached to an aromatic ring is 1. The summed E-state index contributed by atoms with van der Waals surface area (Å²) in [4.78, 5) is 4.90. The van der Waals surface area contributed by atoms with Crippen molar-refractivity contribution in [3.63, 3.8) is 0 Å². The van der Waals surface area contributed by atoms with Crippen LogP contribution in [0.25, 0.3) is 0 Å². The van der Waals surface area contributed by atoms with E-state index in [1.807, 2.05) is 6.07 Å². The van der Waals surface area contributed by atoms with Crippen molar-refractivity contribution < 1.29 is 0 Å². The van der Waals surface area contributed by atoms with Crippen LogP contribution in [0, 0.1) is 0 Å². The van der Waals surface area contributed by atoms with Crippen LogP contribution in [0.5, 0.6) is 0 Å². The van der Waals surface area contributed by atoms with E-state index in [0.29, 0.717) is 5.92 Å². The Morgan fingerprint density at radius 2 is 1.90 bits per heavy atom. The number of rotatable bonds is 4. The molecule has 2 aromatic rings. The van der Waals surface area contributed by atoms with Crippen molar-refractivity contribution in [1.82, 2.24) is 9.55 Å². The standard InChI is InChI=1S/C17H23N3/c1-2-20-16(18)15(12-13-8-4-3-5-9-13)19-17(20)14-10-6-7-11-14/h3-5,8-9,14H,2,6-7,10-12,18H2,1H3. The number of benzene rings is 1. The Kier molecular flexibility index (Phi) is 3.77. The smallest absolute Gasteiger partial charge is 0.127 e. The summed E-state index contributed by atoms with van der Waals surface area (Å²) in [5.74, 6) is 2.69. The van der Waals surface area contributed by atoms with Gasteiger partial charge < -0.3 is 10.3 Å². The summed E-state index contributed by atoms with van der Waals surface area (Å²) in [6.45, 7) is 3.07. The molecule has 0 bridgehead atoms. The first-order valence-corrected chi connectivity index (χ1v) is 7.68. The van der Waals surface area contributed by atoms with E-state index in [-0.39, 0.29) is 0 Å². The molecule has 20 heavy (non-hydrogen) atoms. The van der Waals surface area contributed by atoms with Gasteiger partial charge in [-0.3, -0.25) is 0 Å². The number of hydrogen-bond donors (Lipinski definition) is 1. The third-order valence-corrected chi connectivity index (χ3v) is 4.36. The minimum atomic E-state index is 0.613. The molecule has 1 heterocycles. The second kappa shape index (κ2) is 5.70. The monoisotopic (exact) mass is 269 g/mol. The van der Waals surface area contributed by atoms with Crippen LogP contribution >= 0.6 is 0 Å². The quantitative estimate of drug-likeness (QED) is 0.919. The van der Waals surface area contributed by atoms with Crippen molar-refractivity contribution in [2.45, 2.75) is 51.5 Å². The van der Waals surface area contributed by atoms with E-state index in [2.05, 4.69) is 35.8 Å².